The lowest BCUT2D eigenvalue weighted by Gasteiger charge is -2.15. The highest BCUT2D eigenvalue weighted by molar-refractivity contribution is 5.98. The summed E-state index contributed by atoms with van der Waals surface area (Å²) in [6, 6.07) is 16.1. The molecule has 29 heavy (non-hydrogen) atoms. The van der Waals surface area contributed by atoms with Crippen LogP contribution in [0.25, 0.3) is 0 Å². The van der Waals surface area contributed by atoms with E-state index in [2.05, 4.69) is 34.5 Å². The van der Waals surface area contributed by atoms with E-state index in [0.29, 0.717) is 36.7 Å². The van der Waals surface area contributed by atoms with E-state index in [4.69, 9.17) is 4.74 Å². The summed E-state index contributed by atoms with van der Waals surface area (Å²) in [5.74, 6) is 0.596. The molecule has 1 unspecified atom stereocenters. The third-order valence-electron chi connectivity index (χ3n) is 4.93. The van der Waals surface area contributed by atoms with Gasteiger partial charge in [-0.2, -0.15) is 0 Å². The van der Waals surface area contributed by atoms with Crippen LogP contribution in [0.1, 0.15) is 35.2 Å². The number of benzene rings is 2. The van der Waals surface area contributed by atoms with Crippen LogP contribution in [-0.2, 0) is 6.42 Å². The van der Waals surface area contributed by atoms with Crippen LogP contribution >= 0.6 is 12.4 Å². The maximum Gasteiger partial charge on any atom is 0.166 e. The number of hydrogen-bond donors (Lipinski definition) is 2. The molecule has 0 aromatic heterocycles. The Morgan fingerprint density at radius 2 is 1.86 bits per heavy atom. The van der Waals surface area contributed by atoms with Crippen LogP contribution in [0.2, 0.25) is 0 Å². The fraction of sp³-hybridized carbons (Fsp3) is 0.435. The topological polar surface area (TPSA) is 61.8 Å². The number of anilines is 1. The molecule has 0 amide bonds. The number of aryl methyl sites for hydroxylation is 1. The number of rotatable bonds is 11. The maximum absolute atomic E-state index is 12.7. The number of nitrogens with one attached hydrogen (secondary N) is 1. The molecule has 2 N–H and O–H groups in total. The summed E-state index contributed by atoms with van der Waals surface area (Å²) in [6.07, 6.45) is 2.90. The van der Waals surface area contributed by atoms with Gasteiger partial charge in [0.05, 0.1) is 5.56 Å². The van der Waals surface area contributed by atoms with E-state index in [1.807, 2.05) is 26.2 Å². The van der Waals surface area contributed by atoms with E-state index >= 15 is 0 Å². The fourth-order valence-electron chi connectivity index (χ4n) is 3.01. The van der Waals surface area contributed by atoms with Crippen molar-refractivity contribution in [3.63, 3.8) is 0 Å². The van der Waals surface area contributed by atoms with Crippen LogP contribution in [0.5, 0.6) is 5.75 Å². The molecule has 0 radical (unpaired) electrons. The number of hydrogen-bond acceptors (Lipinski definition) is 5. The first-order valence-corrected chi connectivity index (χ1v) is 9.95. The van der Waals surface area contributed by atoms with Crippen molar-refractivity contribution in [1.82, 2.24) is 5.32 Å². The molecule has 0 spiro atoms. The predicted octanol–water partition coefficient (Wildman–Crippen LogP) is 3.48. The average molecular weight is 419 g/mol. The third kappa shape index (κ3) is 7.35. The van der Waals surface area contributed by atoms with Crippen LogP contribution < -0.4 is 15.0 Å². The van der Waals surface area contributed by atoms with Gasteiger partial charge in [0.1, 0.15) is 18.5 Å². The van der Waals surface area contributed by atoms with Crippen LogP contribution in [-0.4, -0.2) is 50.3 Å². The molecular weight excluding hydrogens is 388 g/mol. The van der Waals surface area contributed by atoms with E-state index in [1.165, 1.54) is 12.8 Å². The van der Waals surface area contributed by atoms with Gasteiger partial charge in [0, 0.05) is 38.8 Å². The minimum absolute atomic E-state index is 0. The molecule has 1 aliphatic rings. The molecule has 0 saturated heterocycles. The lowest BCUT2D eigenvalue weighted by Crippen LogP contribution is -2.32. The quantitative estimate of drug-likeness (QED) is 0.547. The summed E-state index contributed by atoms with van der Waals surface area (Å²) in [7, 11) is 4.02. The van der Waals surface area contributed by atoms with Gasteiger partial charge in [-0.25, -0.2) is 0 Å². The Balaban J connectivity index is 0.00000300. The first-order chi connectivity index (χ1) is 13.5. The van der Waals surface area contributed by atoms with Gasteiger partial charge in [0.2, 0.25) is 0 Å². The normalized spacial score (nSPS) is 14.0. The number of carbonyl (C=O) groups is 1. The monoisotopic (exact) mass is 418 g/mol. The zero-order chi connectivity index (χ0) is 19.9. The van der Waals surface area contributed by atoms with Crippen LogP contribution in [0.3, 0.4) is 0 Å². The summed E-state index contributed by atoms with van der Waals surface area (Å²) in [6.45, 7) is 0.694. The molecule has 158 valence electrons. The Hall–Kier alpha value is -2.08. The van der Waals surface area contributed by atoms with Crippen molar-refractivity contribution in [2.75, 3.05) is 32.1 Å². The Morgan fingerprint density at radius 1 is 1.17 bits per heavy atom. The van der Waals surface area contributed by atoms with Crippen molar-refractivity contribution in [2.24, 2.45) is 0 Å². The number of nitrogens with zero attached hydrogens (tertiary/aromatic N) is 1. The van der Waals surface area contributed by atoms with Gasteiger partial charge in [-0.3, -0.25) is 4.79 Å². The van der Waals surface area contributed by atoms with E-state index in [9.17, 15) is 9.90 Å². The van der Waals surface area contributed by atoms with E-state index in [1.54, 1.807) is 12.1 Å². The second-order valence-corrected chi connectivity index (χ2v) is 7.63. The highest BCUT2D eigenvalue weighted by atomic mass is 35.5. The maximum atomic E-state index is 12.7. The van der Waals surface area contributed by atoms with Crippen molar-refractivity contribution in [3.05, 3.63) is 59.7 Å². The van der Waals surface area contributed by atoms with Gasteiger partial charge in [0.15, 0.2) is 5.78 Å². The zero-order valence-corrected chi connectivity index (χ0v) is 18.0. The number of ketones is 1. The number of aliphatic hydroxyl groups excluding tert-OH is 1. The van der Waals surface area contributed by atoms with Crippen LogP contribution in [0, 0.1) is 0 Å². The van der Waals surface area contributed by atoms with E-state index in [0.717, 1.165) is 11.3 Å². The van der Waals surface area contributed by atoms with Crippen LogP contribution in [0.15, 0.2) is 48.5 Å². The average Bonchev–Trinajstić information content (AvgIpc) is 3.54. The Kier molecular flexibility index (Phi) is 8.96. The first-order valence-electron chi connectivity index (χ1n) is 9.95. The number of ether oxygens (including phenoxy) is 1. The lowest BCUT2D eigenvalue weighted by molar-refractivity contribution is 0.0949. The highest BCUT2D eigenvalue weighted by Crippen LogP contribution is 2.22. The lowest BCUT2D eigenvalue weighted by atomic mass is 10.0. The Labute approximate surface area is 179 Å². The standard InChI is InChI=1S/C23H30N2O3.ClH/c1-25(2)19-12-7-17(8-13-19)9-14-22(27)21-5-3-4-6-23(21)28-16-20(26)15-24-18-10-11-18;/h3-8,12-13,18,20,24,26H,9-11,14-16H2,1-2H3;1H. The molecule has 2 aromatic carbocycles. The molecule has 2 aromatic rings. The van der Waals surface area contributed by atoms with Crippen molar-refractivity contribution in [2.45, 2.75) is 37.8 Å². The molecule has 6 heteroatoms. The number of halogens is 1. The van der Waals surface area contributed by atoms with E-state index in [-0.39, 0.29) is 24.8 Å². The summed E-state index contributed by atoms with van der Waals surface area (Å²) in [4.78, 5) is 14.8. The Bertz CT molecular complexity index is 776. The summed E-state index contributed by atoms with van der Waals surface area (Å²) in [5, 5.41) is 13.3. The van der Waals surface area contributed by atoms with Gasteiger partial charge in [0.25, 0.3) is 0 Å². The minimum atomic E-state index is -0.584. The smallest absolute Gasteiger partial charge is 0.166 e. The number of carbonyl (C=O) groups excluding carboxylic acids is 1. The SMILES string of the molecule is CN(C)c1ccc(CCC(=O)c2ccccc2OCC(O)CNC2CC2)cc1.Cl. The molecule has 1 saturated carbocycles. The summed E-state index contributed by atoms with van der Waals surface area (Å²) >= 11 is 0. The third-order valence-corrected chi connectivity index (χ3v) is 4.93. The second kappa shape index (κ2) is 11.2. The molecule has 1 fully saturated rings. The largest absolute Gasteiger partial charge is 0.490 e. The van der Waals surface area contributed by atoms with Gasteiger partial charge in [-0.15, -0.1) is 12.4 Å². The fourth-order valence-corrected chi connectivity index (χ4v) is 3.01. The van der Waals surface area contributed by atoms with Gasteiger partial charge >= 0.3 is 0 Å². The van der Waals surface area contributed by atoms with Gasteiger partial charge in [-0.05, 0) is 49.1 Å². The molecule has 0 bridgehead atoms. The van der Waals surface area contributed by atoms with Crippen LogP contribution in [0.4, 0.5) is 5.69 Å². The molecule has 5 nitrogen and oxygen atoms in total. The zero-order valence-electron chi connectivity index (χ0n) is 17.1. The van der Waals surface area contributed by atoms with Crippen molar-refractivity contribution in [3.8, 4) is 5.75 Å². The highest BCUT2D eigenvalue weighted by Gasteiger charge is 2.21. The predicted molar refractivity (Wildman–Crippen MR) is 120 cm³/mol. The minimum Gasteiger partial charge on any atom is -0.490 e. The van der Waals surface area contributed by atoms with E-state index < -0.39 is 6.10 Å². The molecule has 1 aliphatic carbocycles. The van der Waals surface area contributed by atoms with Gasteiger partial charge in [-0.1, -0.05) is 24.3 Å². The number of aliphatic hydroxyl groups is 1. The molecule has 1 atom stereocenters. The van der Waals surface area contributed by atoms with Crippen molar-refractivity contribution in [1.29, 1.82) is 0 Å². The number of Topliss-reactive ketones (excluding diaryl/α,β-unsaturated/α-hetero) is 1. The summed E-state index contributed by atoms with van der Waals surface area (Å²) in [5.41, 5.74) is 2.86. The molecule has 0 aliphatic heterocycles. The van der Waals surface area contributed by atoms with Gasteiger partial charge < -0.3 is 20.1 Å². The first kappa shape index (κ1) is 23.2. The molecule has 3 rings (SSSR count). The molecular formula is C23H31ClN2O3. The molecule has 0 heterocycles. The Morgan fingerprint density at radius 3 is 2.52 bits per heavy atom. The van der Waals surface area contributed by atoms with Crippen molar-refractivity contribution < 1.29 is 14.6 Å². The number of para-hydroxylation sites is 1. The second-order valence-electron chi connectivity index (χ2n) is 7.63. The summed E-state index contributed by atoms with van der Waals surface area (Å²) < 4.78 is 5.75. The van der Waals surface area contributed by atoms with Crippen molar-refractivity contribution >= 4 is 23.9 Å².